The van der Waals surface area contributed by atoms with Gasteiger partial charge in [-0.25, -0.2) is 18.9 Å². The zero-order valence-corrected chi connectivity index (χ0v) is 16.8. The molecule has 3 aromatic heterocycles. The summed E-state index contributed by atoms with van der Waals surface area (Å²) in [5.74, 6) is 1.45. The molecule has 30 heavy (non-hydrogen) atoms. The molecule has 0 saturated carbocycles. The van der Waals surface area contributed by atoms with Crippen LogP contribution < -0.4 is 10.2 Å². The fourth-order valence-electron chi connectivity index (χ4n) is 4.17. The first-order valence-electron chi connectivity index (χ1n) is 10.2. The second-order valence-electron chi connectivity index (χ2n) is 7.52. The van der Waals surface area contributed by atoms with Crippen molar-refractivity contribution < 1.29 is 4.39 Å². The lowest BCUT2D eigenvalue weighted by molar-refractivity contribution is 0.465. The molecule has 1 saturated heterocycles. The predicted octanol–water partition coefficient (Wildman–Crippen LogP) is 4.70. The highest BCUT2D eigenvalue weighted by atomic mass is 19.1. The molecule has 1 atom stereocenters. The third-order valence-electron chi connectivity index (χ3n) is 5.65. The van der Waals surface area contributed by atoms with E-state index in [-0.39, 0.29) is 11.9 Å². The molecule has 1 N–H and O–H groups in total. The number of anilines is 2. The van der Waals surface area contributed by atoms with Crippen molar-refractivity contribution in [2.24, 2.45) is 0 Å². The average Bonchev–Trinajstić information content (AvgIpc) is 3.22. The van der Waals surface area contributed by atoms with Gasteiger partial charge in [0.2, 0.25) is 0 Å². The zero-order chi connectivity index (χ0) is 20.5. The van der Waals surface area contributed by atoms with Crippen molar-refractivity contribution in [3.63, 3.8) is 0 Å². The van der Waals surface area contributed by atoms with E-state index < -0.39 is 0 Å². The molecule has 5 rings (SSSR count). The van der Waals surface area contributed by atoms with Gasteiger partial charge < -0.3 is 10.2 Å². The number of nitrogens with zero attached hydrogens (tertiary/aromatic N) is 5. The number of nitrogens with one attached hydrogen (secondary N) is 1. The number of hydrogen-bond donors (Lipinski definition) is 1. The number of hydrogen-bond acceptors (Lipinski definition) is 5. The van der Waals surface area contributed by atoms with Crippen LogP contribution in [0.2, 0.25) is 0 Å². The first-order chi connectivity index (χ1) is 14.7. The van der Waals surface area contributed by atoms with Crippen LogP contribution in [0.3, 0.4) is 0 Å². The standard InChI is InChI=1S/C23H23FN6/c1-25-21-10-5-8-18(27-21)20-15-26-22-11-12-23(28-30(20)22)29-13-3-2-9-19(29)16-6-4-7-17(24)14-16/h4-8,10-12,14-15,19H,2-3,9,13H2,1H3,(H,25,27). The van der Waals surface area contributed by atoms with Crippen molar-refractivity contribution >= 4 is 17.3 Å². The lowest BCUT2D eigenvalue weighted by atomic mass is 9.95. The van der Waals surface area contributed by atoms with Crippen molar-refractivity contribution in [3.05, 3.63) is 72.2 Å². The van der Waals surface area contributed by atoms with Crippen LogP contribution in [0.1, 0.15) is 30.9 Å². The molecule has 4 heterocycles. The van der Waals surface area contributed by atoms with Crippen LogP contribution in [0.5, 0.6) is 0 Å². The van der Waals surface area contributed by atoms with Gasteiger partial charge in [0.25, 0.3) is 0 Å². The number of imidazole rings is 1. The van der Waals surface area contributed by atoms with Gasteiger partial charge in [0.05, 0.1) is 17.9 Å². The molecule has 1 aromatic carbocycles. The Morgan fingerprint density at radius 2 is 1.97 bits per heavy atom. The van der Waals surface area contributed by atoms with E-state index >= 15 is 0 Å². The maximum atomic E-state index is 13.9. The summed E-state index contributed by atoms with van der Waals surface area (Å²) in [4.78, 5) is 11.4. The zero-order valence-electron chi connectivity index (χ0n) is 16.8. The third kappa shape index (κ3) is 3.36. The lowest BCUT2D eigenvalue weighted by Gasteiger charge is -2.37. The average molecular weight is 402 g/mol. The molecule has 0 amide bonds. The molecule has 1 aliphatic heterocycles. The summed E-state index contributed by atoms with van der Waals surface area (Å²) in [6.45, 7) is 0.886. The van der Waals surface area contributed by atoms with E-state index in [1.165, 1.54) is 6.07 Å². The lowest BCUT2D eigenvalue weighted by Crippen LogP contribution is -2.34. The second kappa shape index (κ2) is 7.74. The fourth-order valence-corrected chi connectivity index (χ4v) is 4.17. The Kier molecular flexibility index (Phi) is 4.78. The molecule has 1 fully saturated rings. The van der Waals surface area contributed by atoms with Crippen LogP contribution in [0.15, 0.2) is 60.8 Å². The summed E-state index contributed by atoms with van der Waals surface area (Å²) in [7, 11) is 1.85. The van der Waals surface area contributed by atoms with Crippen molar-refractivity contribution in [1.29, 1.82) is 0 Å². The van der Waals surface area contributed by atoms with Gasteiger partial charge in [0, 0.05) is 13.6 Å². The van der Waals surface area contributed by atoms with Gasteiger partial charge in [-0.1, -0.05) is 18.2 Å². The number of pyridine rings is 1. The Morgan fingerprint density at radius 1 is 1.07 bits per heavy atom. The van der Waals surface area contributed by atoms with Crippen LogP contribution in [0.25, 0.3) is 17.0 Å². The molecule has 0 bridgehead atoms. The Labute approximate surface area is 174 Å². The monoisotopic (exact) mass is 402 g/mol. The Morgan fingerprint density at radius 3 is 2.83 bits per heavy atom. The van der Waals surface area contributed by atoms with Gasteiger partial charge in [-0.3, -0.25) is 0 Å². The van der Waals surface area contributed by atoms with Gasteiger partial charge in [0.1, 0.15) is 23.1 Å². The van der Waals surface area contributed by atoms with Gasteiger partial charge in [-0.15, -0.1) is 5.10 Å². The third-order valence-corrected chi connectivity index (χ3v) is 5.65. The van der Waals surface area contributed by atoms with Crippen LogP contribution in [0, 0.1) is 5.82 Å². The van der Waals surface area contributed by atoms with Crippen molar-refractivity contribution in [2.75, 3.05) is 23.8 Å². The fraction of sp³-hybridized carbons (Fsp3) is 0.261. The minimum atomic E-state index is -0.200. The van der Waals surface area contributed by atoms with E-state index in [1.54, 1.807) is 18.3 Å². The van der Waals surface area contributed by atoms with Crippen LogP contribution >= 0.6 is 0 Å². The van der Waals surface area contributed by atoms with Crippen molar-refractivity contribution in [2.45, 2.75) is 25.3 Å². The summed E-state index contributed by atoms with van der Waals surface area (Å²) in [6.07, 6.45) is 4.99. The minimum absolute atomic E-state index is 0.108. The van der Waals surface area contributed by atoms with Gasteiger partial charge in [0.15, 0.2) is 5.65 Å². The molecule has 0 spiro atoms. The SMILES string of the molecule is CNc1cccc(-c2cnc3ccc(N4CCCCC4c4cccc(F)c4)nn23)n1. The topological polar surface area (TPSA) is 58.4 Å². The van der Waals surface area contributed by atoms with Crippen LogP contribution in [0.4, 0.5) is 16.0 Å². The van der Waals surface area contributed by atoms with Crippen molar-refractivity contribution in [1.82, 2.24) is 19.6 Å². The number of halogens is 1. The summed E-state index contributed by atoms with van der Waals surface area (Å²) in [5.41, 5.74) is 3.40. The number of aromatic nitrogens is 4. The first kappa shape index (κ1) is 18.5. The van der Waals surface area contributed by atoms with E-state index in [0.29, 0.717) is 0 Å². The van der Waals surface area contributed by atoms with E-state index in [4.69, 9.17) is 5.10 Å². The summed E-state index contributed by atoms with van der Waals surface area (Å²) in [5, 5.41) is 7.98. The molecule has 4 aromatic rings. The molecule has 0 aliphatic carbocycles. The van der Waals surface area contributed by atoms with Gasteiger partial charge in [-0.05, 0) is 61.2 Å². The highest BCUT2D eigenvalue weighted by Crippen LogP contribution is 2.34. The maximum absolute atomic E-state index is 13.9. The summed E-state index contributed by atoms with van der Waals surface area (Å²) in [6, 6.07) is 16.8. The minimum Gasteiger partial charge on any atom is -0.373 e. The van der Waals surface area contributed by atoms with E-state index in [1.807, 2.05) is 48.0 Å². The molecule has 152 valence electrons. The Bertz CT molecular complexity index is 1190. The molecule has 7 heteroatoms. The number of piperidine rings is 1. The van der Waals surface area contributed by atoms with Crippen molar-refractivity contribution in [3.8, 4) is 11.4 Å². The number of benzene rings is 1. The van der Waals surface area contributed by atoms with Gasteiger partial charge in [-0.2, -0.15) is 0 Å². The van der Waals surface area contributed by atoms with E-state index in [9.17, 15) is 4.39 Å². The van der Waals surface area contributed by atoms with Crippen LogP contribution in [-0.4, -0.2) is 33.2 Å². The predicted molar refractivity (Wildman–Crippen MR) is 116 cm³/mol. The molecule has 1 aliphatic rings. The molecule has 0 radical (unpaired) electrons. The summed E-state index contributed by atoms with van der Waals surface area (Å²) < 4.78 is 15.7. The van der Waals surface area contributed by atoms with Crippen LogP contribution in [-0.2, 0) is 0 Å². The summed E-state index contributed by atoms with van der Waals surface area (Å²) >= 11 is 0. The van der Waals surface area contributed by atoms with E-state index in [2.05, 4.69) is 20.2 Å². The first-order valence-corrected chi connectivity index (χ1v) is 10.2. The molecule has 6 nitrogen and oxygen atoms in total. The Hall–Kier alpha value is -3.48. The highest BCUT2D eigenvalue weighted by Gasteiger charge is 2.26. The number of rotatable bonds is 4. The quantitative estimate of drug-likeness (QED) is 0.536. The number of fused-ring (bicyclic) bond motifs is 1. The molecular formula is C23H23FN6. The smallest absolute Gasteiger partial charge is 0.154 e. The van der Waals surface area contributed by atoms with Gasteiger partial charge >= 0.3 is 0 Å². The van der Waals surface area contributed by atoms with E-state index in [0.717, 1.165) is 60.0 Å². The normalized spacial score (nSPS) is 16.7. The molecule has 1 unspecified atom stereocenters. The second-order valence-corrected chi connectivity index (χ2v) is 7.52. The Balaban J connectivity index is 1.56. The highest BCUT2D eigenvalue weighted by molar-refractivity contribution is 5.62. The maximum Gasteiger partial charge on any atom is 0.154 e. The largest absolute Gasteiger partial charge is 0.373 e. The molecular weight excluding hydrogens is 379 g/mol.